The summed E-state index contributed by atoms with van der Waals surface area (Å²) in [6.45, 7) is 4.32. The molecule has 0 aliphatic heterocycles. The van der Waals surface area contributed by atoms with Crippen LogP contribution in [0.15, 0.2) is 11.6 Å². The van der Waals surface area contributed by atoms with Crippen LogP contribution in [0.25, 0.3) is 0 Å². The van der Waals surface area contributed by atoms with Crippen LogP contribution in [0.5, 0.6) is 0 Å². The summed E-state index contributed by atoms with van der Waals surface area (Å²) < 4.78 is 0. The molecule has 0 amide bonds. The topological polar surface area (TPSA) is 46.6 Å². The Hall–Kier alpha value is -0.870. The summed E-state index contributed by atoms with van der Waals surface area (Å²) in [5, 5.41) is 10.7. The van der Waals surface area contributed by atoms with Crippen LogP contribution in [0, 0.1) is 0 Å². The van der Waals surface area contributed by atoms with E-state index in [2.05, 4.69) is 0 Å². The van der Waals surface area contributed by atoms with Crippen LogP contribution in [0.4, 0.5) is 0 Å². The van der Waals surface area contributed by atoms with E-state index in [1.165, 1.54) is 0 Å². The third-order valence-corrected chi connectivity index (χ3v) is 2.51. The maximum atomic E-state index is 10.7. The molecular weight excluding hydrogens is 192 g/mol. The molecule has 0 aromatic rings. The highest BCUT2D eigenvalue weighted by atomic mass is 16.4. The molecule has 0 bridgehead atoms. The fourth-order valence-corrected chi connectivity index (χ4v) is 1.48. The van der Waals surface area contributed by atoms with Crippen molar-refractivity contribution in [3.63, 3.8) is 0 Å². The molecular formula is C11H21N2O2-. The Balaban J connectivity index is 4.96. The molecule has 0 rings (SSSR count). The summed E-state index contributed by atoms with van der Waals surface area (Å²) in [6.07, 6.45) is 1.74. The highest BCUT2D eigenvalue weighted by Crippen LogP contribution is 2.16. The molecule has 0 spiro atoms. The van der Waals surface area contributed by atoms with Gasteiger partial charge in [0.25, 0.3) is 0 Å². The zero-order chi connectivity index (χ0) is 12.2. The largest absolute Gasteiger partial charge is 0.545 e. The van der Waals surface area contributed by atoms with E-state index < -0.39 is 5.97 Å². The fourth-order valence-electron chi connectivity index (χ4n) is 1.48. The molecule has 0 radical (unpaired) electrons. The quantitative estimate of drug-likeness (QED) is 0.581. The van der Waals surface area contributed by atoms with E-state index >= 15 is 0 Å². The zero-order valence-electron chi connectivity index (χ0n) is 10.5. The summed E-state index contributed by atoms with van der Waals surface area (Å²) in [4.78, 5) is 14.7. The molecule has 0 aromatic carbocycles. The van der Waals surface area contributed by atoms with E-state index in [9.17, 15) is 9.90 Å². The van der Waals surface area contributed by atoms with Crippen molar-refractivity contribution in [3.8, 4) is 0 Å². The van der Waals surface area contributed by atoms with Gasteiger partial charge in [-0.3, -0.25) is 4.90 Å². The second kappa shape index (κ2) is 5.28. The summed E-state index contributed by atoms with van der Waals surface area (Å²) >= 11 is 0. The first-order valence-corrected chi connectivity index (χ1v) is 4.92. The lowest BCUT2D eigenvalue weighted by atomic mass is 9.97. The standard InChI is InChI=1S/C11H22N2O2/c1-9(10(14)15)7-11(2,13(5)6)8-12(3)4/h7H,8H2,1-6H3,(H,14,15)/p-1/b9-7+. The van der Waals surface area contributed by atoms with Crippen molar-refractivity contribution in [1.82, 2.24) is 9.80 Å². The van der Waals surface area contributed by atoms with Crippen LogP contribution in [-0.4, -0.2) is 56.0 Å². The smallest absolute Gasteiger partial charge is 0.0669 e. The lowest BCUT2D eigenvalue weighted by Crippen LogP contribution is -2.48. The number of hydrogen-bond donors (Lipinski definition) is 0. The molecule has 1 unspecified atom stereocenters. The normalized spacial score (nSPS) is 16.9. The van der Waals surface area contributed by atoms with E-state index in [4.69, 9.17) is 0 Å². The number of nitrogens with zero attached hydrogens (tertiary/aromatic N) is 2. The van der Waals surface area contributed by atoms with Gasteiger partial charge in [-0.1, -0.05) is 6.08 Å². The minimum Gasteiger partial charge on any atom is -0.545 e. The van der Waals surface area contributed by atoms with Crippen molar-refractivity contribution >= 4 is 5.97 Å². The van der Waals surface area contributed by atoms with Gasteiger partial charge in [0.15, 0.2) is 0 Å². The number of carboxylic acids is 1. The van der Waals surface area contributed by atoms with Crippen molar-refractivity contribution in [2.75, 3.05) is 34.7 Å². The Labute approximate surface area is 92.2 Å². The average molecular weight is 213 g/mol. The van der Waals surface area contributed by atoms with E-state index in [1.54, 1.807) is 13.0 Å². The van der Waals surface area contributed by atoms with Gasteiger partial charge in [-0.2, -0.15) is 0 Å². The molecule has 0 fully saturated rings. The van der Waals surface area contributed by atoms with Crippen LogP contribution in [0.1, 0.15) is 13.8 Å². The number of carbonyl (C=O) groups is 1. The number of hydrogen-bond acceptors (Lipinski definition) is 4. The van der Waals surface area contributed by atoms with E-state index in [1.807, 2.05) is 44.9 Å². The van der Waals surface area contributed by atoms with Crippen molar-refractivity contribution in [2.45, 2.75) is 19.4 Å². The third kappa shape index (κ3) is 4.44. The monoisotopic (exact) mass is 213 g/mol. The maximum Gasteiger partial charge on any atom is 0.0669 e. The van der Waals surface area contributed by atoms with Gasteiger partial charge < -0.3 is 14.8 Å². The van der Waals surface area contributed by atoms with Crippen molar-refractivity contribution in [3.05, 3.63) is 11.6 Å². The molecule has 4 nitrogen and oxygen atoms in total. The predicted octanol–water partition coefficient (Wildman–Crippen LogP) is -0.435. The van der Waals surface area contributed by atoms with Crippen LogP contribution in [-0.2, 0) is 4.79 Å². The maximum absolute atomic E-state index is 10.7. The van der Waals surface area contributed by atoms with Crippen LogP contribution in [0.3, 0.4) is 0 Å². The van der Waals surface area contributed by atoms with Gasteiger partial charge in [0.2, 0.25) is 0 Å². The van der Waals surface area contributed by atoms with Crippen LogP contribution < -0.4 is 5.11 Å². The number of rotatable bonds is 5. The summed E-state index contributed by atoms with van der Waals surface area (Å²) in [5.74, 6) is -1.11. The molecule has 1 atom stereocenters. The van der Waals surface area contributed by atoms with Gasteiger partial charge in [0, 0.05) is 12.1 Å². The van der Waals surface area contributed by atoms with Crippen molar-refractivity contribution in [1.29, 1.82) is 0 Å². The van der Waals surface area contributed by atoms with Gasteiger partial charge in [-0.25, -0.2) is 0 Å². The number of likely N-dealkylation sites (N-methyl/N-ethyl adjacent to an activating group) is 2. The van der Waals surface area contributed by atoms with Gasteiger partial charge >= 0.3 is 0 Å². The molecule has 0 N–H and O–H groups in total. The minimum absolute atomic E-state index is 0.271. The number of carbonyl (C=O) groups excluding carboxylic acids is 1. The Morgan fingerprint density at radius 3 is 2.07 bits per heavy atom. The number of carboxylic acid groups (broad SMARTS) is 1. The van der Waals surface area contributed by atoms with Crippen LogP contribution in [0.2, 0.25) is 0 Å². The van der Waals surface area contributed by atoms with E-state index in [0.29, 0.717) is 0 Å². The van der Waals surface area contributed by atoms with Crippen molar-refractivity contribution in [2.24, 2.45) is 0 Å². The SMILES string of the molecule is C/C(=C\C(C)(CN(C)C)N(C)C)C(=O)[O-]. The highest BCUT2D eigenvalue weighted by Gasteiger charge is 2.25. The minimum atomic E-state index is -1.11. The highest BCUT2D eigenvalue weighted by molar-refractivity contribution is 5.84. The van der Waals surface area contributed by atoms with Gasteiger partial charge in [-0.15, -0.1) is 0 Å². The fraction of sp³-hybridized carbons (Fsp3) is 0.727. The first-order chi connectivity index (χ1) is 6.69. The lowest BCUT2D eigenvalue weighted by molar-refractivity contribution is -0.299. The Kier molecular flexibility index (Phi) is 4.97. The second-order valence-electron chi connectivity index (χ2n) is 4.60. The van der Waals surface area contributed by atoms with Gasteiger partial charge in [-0.05, 0) is 47.6 Å². The molecule has 0 saturated heterocycles. The average Bonchev–Trinajstić information content (AvgIpc) is 2.01. The first-order valence-electron chi connectivity index (χ1n) is 4.92. The van der Waals surface area contributed by atoms with Gasteiger partial charge in [0.1, 0.15) is 0 Å². The molecule has 0 heterocycles. The Morgan fingerprint density at radius 2 is 1.80 bits per heavy atom. The summed E-state index contributed by atoms with van der Waals surface area (Å²) in [7, 11) is 7.79. The summed E-state index contributed by atoms with van der Waals surface area (Å²) in [6, 6.07) is 0. The Bertz CT molecular complexity index is 259. The molecule has 0 saturated carbocycles. The lowest BCUT2D eigenvalue weighted by Gasteiger charge is -2.36. The number of aliphatic carboxylic acids is 1. The molecule has 0 aliphatic carbocycles. The second-order valence-corrected chi connectivity index (χ2v) is 4.60. The first kappa shape index (κ1) is 14.1. The molecule has 15 heavy (non-hydrogen) atoms. The third-order valence-electron chi connectivity index (χ3n) is 2.51. The Morgan fingerprint density at radius 1 is 1.33 bits per heavy atom. The van der Waals surface area contributed by atoms with E-state index in [0.717, 1.165) is 6.54 Å². The predicted molar refractivity (Wildman–Crippen MR) is 59.4 cm³/mol. The van der Waals surface area contributed by atoms with Crippen LogP contribution >= 0.6 is 0 Å². The van der Waals surface area contributed by atoms with Crippen molar-refractivity contribution < 1.29 is 9.90 Å². The zero-order valence-corrected chi connectivity index (χ0v) is 10.5. The molecule has 0 aromatic heterocycles. The molecule has 0 aliphatic rings. The van der Waals surface area contributed by atoms with Gasteiger partial charge in [0.05, 0.1) is 5.97 Å². The summed E-state index contributed by atoms with van der Waals surface area (Å²) in [5.41, 5.74) is -0.0266. The molecule has 4 heteroatoms. The molecule has 88 valence electrons. The van der Waals surface area contributed by atoms with E-state index in [-0.39, 0.29) is 11.1 Å².